The van der Waals surface area contributed by atoms with Crippen molar-refractivity contribution in [2.75, 3.05) is 11.1 Å². The molecule has 5 nitrogen and oxygen atoms in total. The van der Waals surface area contributed by atoms with Crippen LogP contribution in [-0.2, 0) is 17.6 Å². The van der Waals surface area contributed by atoms with Gasteiger partial charge in [0.2, 0.25) is 11.8 Å². The zero-order valence-electron chi connectivity index (χ0n) is 15.2. The first-order valence-electron chi connectivity index (χ1n) is 8.73. The van der Waals surface area contributed by atoms with Gasteiger partial charge in [-0.15, -0.1) is 10.2 Å². The molecule has 0 bridgehead atoms. The van der Waals surface area contributed by atoms with Crippen LogP contribution in [0.1, 0.15) is 25.0 Å². The van der Waals surface area contributed by atoms with E-state index in [0.717, 1.165) is 39.7 Å². The molecule has 2 aromatic carbocycles. The molecule has 140 valence electrons. The van der Waals surface area contributed by atoms with Crippen LogP contribution >= 0.6 is 27.7 Å². The summed E-state index contributed by atoms with van der Waals surface area (Å²) in [5.41, 5.74) is 4.05. The van der Waals surface area contributed by atoms with Crippen LogP contribution in [0.5, 0.6) is 0 Å². The van der Waals surface area contributed by atoms with E-state index in [1.807, 2.05) is 42.5 Å². The van der Waals surface area contributed by atoms with Gasteiger partial charge < -0.3 is 9.73 Å². The Morgan fingerprint density at radius 2 is 1.74 bits per heavy atom. The number of hydrogen-bond acceptors (Lipinski definition) is 5. The molecule has 27 heavy (non-hydrogen) atoms. The van der Waals surface area contributed by atoms with Gasteiger partial charge >= 0.3 is 0 Å². The smallest absolute Gasteiger partial charge is 0.277 e. The number of aromatic nitrogens is 2. The maximum absolute atomic E-state index is 12.4. The highest BCUT2D eigenvalue weighted by molar-refractivity contribution is 9.10. The lowest BCUT2D eigenvalue weighted by molar-refractivity contribution is -0.113. The number of carbonyl (C=O) groups is 1. The SMILES string of the molecule is CCc1cccc(CC)c1NC(=O)CSc1nnc(-c2ccc(Br)cc2)o1. The molecule has 1 N–H and O–H groups in total. The van der Waals surface area contributed by atoms with Crippen LogP contribution < -0.4 is 5.32 Å². The van der Waals surface area contributed by atoms with Crippen LogP contribution in [0.25, 0.3) is 11.5 Å². The predicted octanol–water partition coefficient (Wildman–Crippen LogP) is 5.35. The van der Waals surface area contributed by atoms with Gasteiger partial charge in [-0.2, -0.15) is 0 Å². The van der Waals surface area contributed by atoms with E-state index < -0.39 is 0 Å². The summed E-state index contributed by atoms with van der Waals surface area (Å²) in [6.07, 6.45) is 1.74. The average molecular weight is 446 g/mol. The topological polar surface area (TPSA) is 68.0 Å². The second kappa shape index (κ2) is 9.19. The van der Waals surface area contributed by atoms with E-state index >= 15 is 0 Å². The molecule has 0 fully saturated rings. The molecule has 0 saturated carbocycles. The van der Waals surface area contributed by atoms with Crippen molar-refractivity contribution in [1.82, 2.24) is 10.2 Å². The van der Waals surface area contributed by atoms with Crippen molar-refractivity contribution in [3.05, 3.63) is 58.1 Å². The van der Waals surface area contributed by atoms with Crippen molar-refractivity contribution >= 4 is 39.3 Å². The zero-order chi connectivity index (χ0) is 19.2. The van der Waals surface area contributed by atoms with E-state index in [1.54, 1.807) is 0 Å². The lowest BCUT2D eigenvalue weighted by Gasteiger charge is -2.13. The summed E-state index contributed by atoms with van der Waals surface area (Å²) < 4.78 is 6.63. The van der Waals surface area contributed by atoms with Crippen molar-refractivity contribution in [2.45, 2.75) is 31.9 Å². The summed E-state index contributed by atoms with van der Waals surface area (Å²) in [5.74, 6) is 0.567. The molecule has 0 unspecified atom stereocenters. The van der Waals surface area contributed by atoms with Gasteiger partial charge in [0.05, 0.1) is 5.75 Å². The van der Waals surface area contributed by atoms with Gasteiger partial charge in [-0.05, 0) is 48.2 Å². The minimum absolute atomic E-state index is 0.0843. The van der Waals surface area contributed by atoms with Crippen LogP contribution in [0.4, 0.5) is 5.69 Å². The fourth-order valence-electron chi connectivity index (χ4n) is 2.68. The Morgan fingerprint density at radius 3 is 2.37 bits per heavy atom. The second-order valence-electron chi connectivity index (χ2n) is 5.88. The highest BCUT2D eigenvalue weighted by Crippen LogP contribution is 2.26. The Bertz CT molecular complexity index is 903. The Labute approximate surface area is 171 Å². The monoisotopic (exact) mass is 445 g/mol. The van der Waals surface area contributed by atoms with E-state index in [9.17, 15) is 4.79 Å². The second-order valence-corrected chi connectivity index (χ2v) is 7.72. The third-order valence-electron chi connectivity index (χ3n) is 4.09. The largest absolute Gasteiger partial charge is 0.411 e. The molecule has 0 spiro atoms. The van der Waals surface area contributed by atoms with Gasteiger partial charge in [0.25, 0.3) is 5.22 Å². The lowest BCUT2D eigenvalue weighted by atomic mass is 10.0. The van der Waals surface area contributed by atoms with E-state index in [2.05, 4.69) is 45.3 Å². The van der Waals surface area contributed by atoms with Crippen LogP contribution in [0.2, 0.25) is 0 Å². The van der Waals surface area contributed by atoms with Crippen LogP contribution in [0, 0.1) is 0 Å². The number of para-hydroxylation sites is 1. The number of nitrogens with one attached hydrogen (secondary N) is 1. The van der Waals surface area contributed by atoms with Crippen molar-refractivity contribution in [3.8, 4) is 11.5 Å². The molecule has 0 radical (unpaired) electrons. The summed E-state index contributed by atoms with van der Waals surface area (Å²) in [5, 5.41) is 11.5. The van der Waals surface area contributed by atoms with E-state index in [4.69, 9.17) is 4.42 Å². The van der Waals surface area contributed by atoms with Crippen LogP contribution in [0.15, 0.2) is 56.6 Å². The first kappa shape index (κ1) is 19.6. The third-order valence-corrected chi connectivity index (χ3v) is 5.43. The number of hydrogen-bond donors (Lipinski definition) is 1. The molecule has 0 aliphatic heterocycles. The molecular weight excluding hydrogens is 426 g/mol. The number of thioether (sulfide) groups is 1. The van der Waals surface area contributed by atoms with E-state index in [0.29, 0.717) is 11.1 Å². The summed E-state index contributed by atoms with van der Waals surface area (Å²) in [7, 11) is 0. The number of amides is 1. The number of aryl methyl sites for hydroxylation is 2. The average Bonchev–Trinajstić information content (AvgIpc) is 3.16. The predicted molar refractivity (Wildman–Crippen MR) is 112 cm³/mol. The Balaban J connectivity index is 1.63. The number of nitrogens with zero attached hydrogens (tertiary/aromatic N) is 2. The maximum atomic E-state index is 12.4. The molecule has 0 saturated heterocycles. The zero-order valence-corrected chi connectivity index (χ0v) is 17.6. The summed E-state index contributed by atoms with van der Waals surface area (Å²) in [6, 6.07) is 13.7. The highest BCUT2D eigenvalue weighted by atomic mass is 79.9. The van der Waals surface area contributed by atoms with Crippen molar-refractivity contribution in [3.63, 3.8) is 0 Å². The fraction of sp³-hybridized carbons (Fsp3) is 0.250. The van der Waals surface area contributed by atoms with Gasteiger partial charge in [-0.25, -0.2) is 0 Å². The number of carbonyl (C=O) groups excluding carboxylic acids is 1. The summed E-state index contributed by atoms with van der Waals surface area (Å²) in [4.78, 5) is 12.4. The van der Waals surface area contributed by atoms with Crippen LogP contribution in [0.3, 0.4) is 0 Å². The molecule has 1 heterocycles. The summed E-state index contributed by atoms with van der Waals surface area (Å²) >= 11 is 4.63. The normalized spacial score (nSPS) is 10.8. The number of benzene rings is 2. The molecule has 1 amide bonds. The molecule has 0 aliphatic rings. The Kier molecular flexibility index (Phi) is 6.68. The Morgan fingerprint density at radius 1 is 1.07 bits per heavy atom. The molecule has 3 aromatic rings. The number of rotatable bonds is 7. The fourth-order valence-corrected chi connectivity index (χ4v) is 3.51. The van der Waals surface area contributed by atoms with Crippen molar-refractivity contribution < 1.29 is 9.21 Å². The first-order chi connectivity index (χ1) is 13.1. The van der Waals surface area contributed by atoms with Crippen LogP contribution in [-0.4, -0.2) is 21.9 Å². The van der Waals surface area contributed by atoms with Gasteiger partial charge in [0.15, 0.2) is 0 Å². The standard InChI is InChI=1S/C20H20BrN3O2S/c1-3-13-6-5-7-14(4-2)18(13)22-17(25)12-27-20-24-23-19(26-20)15-8-10-16(21)11-9-15/h5-11H,3-4,12H2,1-2H3,(H,22,25). The molecular formula is C20H20BrN3O2S. The van der Waals surface area contributed by atoms with Crippen molar-refractivity contribution in [2.24, 2.45) is 0 Å². The minimum Gasteiger partial charge on any atom is -0.411 e. The molecule has 0 atom stereocenters. The van der Waals surface area contributed by atoms with Gasteiger partial charge in [0, 0.05) is 15.7 Å². The molecule has 3 rings (SSSR count). The van der Waals surface area contributed by atoms with E-state index in [-0.39, 0.29) is 11.7 Å². The number of halogens is 1. The maximum Gasteiger partial charge on any atom is 0.277 e. The van der Waals surface area contributed by atoms with Gasteiger partial charge in [-0.3, -0.25) is 4.79 Å². The Hall–Kier alpha value is -2.12. The molecule has 7 heteroatoms. The van der Waals surface area contributed by atoms with Crippen molar-refractivity contribution in [1.29, 1.82) is 0 Å². The molecule has 0 aliphatic carbocycles. The highest BCUT2D eigenvalue weighted by Gasteiger charge is 2.13. The van der Waals surface area contributed by atoms with Gasteiger partial charge in [0.1, 0.15) is 0 Å². The lowest BCUT2D eigenvalue weighted by Crippen LogP contribution is -2.16. The number of anilines is 1. The summed E-state index contributed by atoms with van der Waals surface area (Å²) in [6.45, 7) is 4.17. The third kappa shape index (κ3) is 4.99. The first-order valence-corrected chi connectivity index (χ1v) is 10.5. The minimum atomic E-state index is -0.0843. The van der Waals surface area contributed by atoms with Gasteiger partial charge in [-0.1, -0.05) is 59.7 Å². The quantitative estimate of drug-likeness (QED) is 0.496. The van der Waals surface area contributed by atoms with E-state index in [1.165, 1.54) is 11.8 Å². The molecule has 1 aromatic heterocycles.